The van der Waals surface area contributed by atoms with E-state index in [1.165, 1.54) is 6.20 Å². The van der Waals surface area contributed by atoms with Crippen LogP contribution < -0.4 is 5.32 Å². The maximum absolute atomic E-state index is 11.4. The lowest BCUT2D eigenvalue weighted by molar-refractivity contribution is -0.141. The maximum atomic E-state index is 11.4. The summed E-state index contributed by atoms with van der Waals surface area (Å²) >= 11 is 0. The zero-order chi connectivity index (χ0) is 15.0. The molecule has 0 aliphatic carbocycles. The highest BCUT2D eigenvalue weighted by Gasteiger charge is 2.10. The number of carboxylic acids is 1. The van der Waals surface area contributed by atoms with Crippen LogP contribution in [0.2, 0.25) is 0 Å². The average molecular weight is 280 g/mol. The number of esters is 1. The van der Waals surface area contributed by atoms with Gasteiger partial charge in [-0.05, 0) is 31.9 Å². The summed E-state index contributed by atoms with van der Waals surface area (Å²) in [6.07, 6.45) is 2.82. The lowest BCUT2D eigenvalue weighted by atomic mass is 10.1. The third-order valence-electron chi connectivity index (χ3n) is 2.82. The number of aliphatic carboxylic acids is 1. The summed E-state index contributed by atoms with van der Waals surface area (Å²) in [6, 6.07) is 3.35. The molecule has 6 nitrogen and oxygen atoms in total. The number of rotatable bonds is 8. The molecule has 0 bridgehead atoms. The van der Waals surface area contributed by atoms with Crippen molar-refractivity contribution < 1.29 is 19.4 Å². The van der Waals surface area contributed by atoms with Crippen molar-refractivity contribution in [3.8, 4) is 0 Å². The molecule has 1 heterocycles. The van der Waals surface area contributed by atoms with Gasteiger partial charge in [0.15, 0.2) is 0 Å². The van der Waals surface area contributed by atoms with E-state index >= 15 is 0 Å². The molecule has 2 N–H and O–H groups in total. The summed E-state index contributed by atoms with van der Waals surface area (Å²) in [7, 11) is 0. The fourth-order valence-electron chi connectivity index (χ4n) is 1.58. The monoisotopic (exact) mass is 280 g/mol. The summed E-state index contributed by atoms with van der Waals surface area (Å²) in [6.45, 7) is 4.41. The third-order valence-corrected chi connectivity index (χ3v) is 2.82. The van der Waals surface area contributed by atoms with Crippen molar-refractivity contribution in [1.82, 2.24) is 4.98 Å². The second-order valence-corrected chi connectivity index (χ2v) is 4.46. The molecule has 0 fully saturated rings. The van der Waals surface area contributed by atoms with Crippen LogP contribution in [0.3, 0.4) is 0 Å². The molecular weight excluding hydrogens is 260 g/mol. The Labute approximate surface area is 118 Å². The third kappa shape index (κ3) is 5.26. The molecular formula is C14H20N2O4. The molecule has 0 spiro atoms. The van der Waals surface area contributed by atoms with Gasteiger partial charge < -0.3 is 15.2 Å². The fraction of sp³-hybridized carbons (Fsp3) is 0.500. The molecule has 1 unspecified atom stereocenters. The van der Waals surface area contributed by atoms with Gasteiger partial charge in [-0.1, -0.05) is 6.92 Å². The Bertz CT molecular complexity index is 445. The zero-order valence-corrected chi connectivity index (χ0v) is 11.8. The standard InChI is InChI=1S/C14H20N2O4/c1-3-20-14(19)11-6-7-12(16-9-11)15-8-4-5-10(2)13(17)18/h6-7,9-10H,3-5,8H2,1-2H3,(H,15,16)(H,17,18). The molecule has 0 aromatic carbocycles. The van der Waals surface area contributed by atoms with Crippen LogP contribution in [0.5, 0.6) is 0 Å². The van der Waals surface area contributed by atoms with Crippen LogP contribution in [0.25, 0.3) is 0 Å². The number of carbonyl (C=O) groups is 2. The highest BCUT2D eigenvalue weighted by molar-refractivity contribution is 5.89. The van der Waals surface area contributed by atoms with Crippen molar-refractivity contribution in [2.75, 3.05) is 18.5 Å². The van der Waals surface area contributed by atoms with E-state index in [4.69, 9.17) is 9.84 Å². The van der Waals surface area contributed by atoms with Crippen LogP contribution in [-0.4, -0.2) is 35.2 Å². The van der Waals surface area contributed by atoms with Gasteiger partial charge in [-0.2, -0.15) is 0 Å². The molecule has 0 saturated carbocycles. The van der Waals surface area contributed by atoms with Gasteiger partial charge in [0.1, 0.15) is 5.82 Å². The Kier molecular flexibility index (Phi) is 6.49. The fourth-order valence-corrected chi connectivity index (χ4v) is 1.58. The summed E-state index contributed by atoms with van der Waals surface area (Å²) in [5, 5.41) is 11.8. The van der Waals surface area contributed by atoms with Crippen LogP contribution in [0, 0.1) is 5.92 Å². The second kappa shape index (κ2) is 8.14. The van der Waals surface area contributed by atoms with Crippen molar-refractivity contribution in [2.45, 2.75) is 26.7 Å². The minimum atomic E-state index is -0.776. The molecule has 0 radical (unpaired) electrons. The van der Waals surface area contributed by atoms with Gasteiger partial charge in [-0.15, -0.1) is 0 Å². The number of hydrogen-bond acceptors (Lipinski definition) is 5. The van der Waals surface area contributed by atoms with E-state index in [1.54, 1.807) is 26.0 Å². The van der Waals surface area contributed by atoms with Gasteiger partial charge >= 0.3 is 11.9 Å². The van der Waals surface area contributed by atoms with Crippen LogP contribution in [0.4, 0.5) is 5.82 Å². The minimum Gasteiger partial charge on any atom is -0.481 e. The predicted molar refractivity (Wildman–Crippen MR) is 74.7 cm³/mol. The van der Waals surface area contributed by atoms with Crippen LogP contribution >= 0.6 is 0 Å². The van der Waals surface area contributed by atoms with Gasteiger partial charge in [0.05, 0.1) is 18.1 Å². The van der Waals surface area contributed by atoms with Gasteiger partial charge in [0, 0.05) is 12.7 Å². The number of aromatic nitrogens is 1. The smallest absolute Gasteiger partial charge is 0.339 e. The number of anilines is 1. The van der Waals surface area contributed by atoms with Crippen molar-refractivity contribution >= 4 is 17.8 Å². The molecule has 0 aliphatic heterocycles. The van der Waals surface area contributed by atoms with E-state index < -0.39 is 5.97 Å². The highest BCUT2D eigenvalue weighted by atomic mass is 16.5. The summed E-state index contributed by atoms with van der Waals surface area (Å²) in [4.78, 5) is 26.2. The largest absolute Gasteiger partial charge is 0.481 e. The lowest BCUT2D eigenvalue weighted by Gasteiger charge is -2.08. The molecule has 1 aromatic rings. The van der Waals surface area contributed by atoms with E-state index in [0.717, 1.165) is 6.42 Å². The zero-order valence-electron chi connectivity index (χ0n) is 11.8. The van der Waals surface area contributed by atoms with Crippen molar-refractivity contribution in [1.29, 1.82) is 0 Å². The van der Waals surface area contributed by atoms with Crippen LogP contribution in [-0.2, 0) is 9.53 Å². The number of ether oxygens (including phenoxy) is 1. The maximum Gasteiger partial charge on any atom is 0.339 e. The Morgan fingerprint density at radius 3 is 2.75 bits per heavy atom. The summed E-state index contributed by atoms with van der Waals surface area (Å²) < 4.78 is 4.86. The number of carbonyl (C=O) groups excluding carboxylic acids is 1. The van der Waals surface area contributed by atoms with E-state index in [0.29, 0.717) is 31.0 Å². The summed E-state index contributed by atoms with van der Waals surface area (Å²) in [5.41, 5.74) is 0.414. The Balaban J connectivity index is 2.35. The average Bonchev–Trinajstić information content (AvgIpc) is 2.44. The van der Waals surface area contributed by atoms with Gasteiger partial charge in [0.2, 0.25) is 0 Å². The van der Waals surface area contributed by atoms with Gasteiger partial charge in [0.25, 0.3) is 0 Å². The summed E-state index contributed by atoms with van der Waals surface area (Å²) in [5.74, 6) is -0.847. The van der Waals surface area contributed by atoms with E-state index in [1.807, 2.05) is 0 Å². The Morgan fingerprint density at radius 1 is 1.45 bits per heavy atom. The Morgan fingerprint density at radius 2 is 2.20 bits per heavy atom. The van der Waals surface area contributed by atoms with E-state index in [-0.39, 0.29) is 11.9 Å². The van der Waals surface area contributed by atoms with Crippen LogP contribution in [0.15, 0.2) is 18.3 Å². The molecule has 0 saturated heterocycles. The van der Waals surface area contributed by atoms with Gasteiger partial charge in [-0.25, -0.2) is 9.78 Å². The van der Waals surface area contributed by atoms with Crippen molar-refractivity contribution in [3.63, 3.8) is 0 Å². The molecule has 20 heavy (non-hydrogen) atoms. The molecule has 1 aromatic heterocycles. The first-order valence-corrected chi connectivity index (χ1v) is 6.64. The first-order valence-electron chi connectivity index (χ1n) is 6.64. The van der Waals surface area contributed by atoms with Crippen LogP contribution in [0.1, 0.15) is 37.0 Å². The number of hydrogen-bond donors (Lipinski definition) is 2. The SMILES string of the molecule is CCOC(=O)c1ccc(NCCCC(C)C(=O)O)nc1. The number of nitrogens with one attached hydrogen (secondary N) is 1. The molecule has 6 heteroatoms. The normalized spacial score (nSPS) is 11.7. The highest BCUT2D eigenvalue weighted by Crippen LogP contribution is 2.09. The number of nitrogens with zero attached hydrogens (tertiary/aromatic N) is 1. The quantitative estimate of drug-likeness (QED) is 0.560. The van der Waals surface area contributed by atoms with Gasteiger partial charge in [-0.3, -0.25) is 4.79 Å². The second-order valence-electron chi connectivity index (χ2n) is 4.46. The minimum absolute atomic E-state index is 0.334. The van der Waals surface area contributed by atoms with Crippen molar-refractivity contribution in [2.24, 2.45) is 5.92 Å². The first-order chi connectivity index (χ1) is 9.54. The van der Waals surface area contributed by atoms with E-state index in [9.17, 15) is 9.59 Å². The van der Waals surface area contributed by atoms with Crippen molar-refractivity contribution in [3.05, 3.63) is 23.9 Å². The molecule has 1 atom stereocenters. The molecule has 1 rings (SSSR count). The lowest BCUT2D eigenvalue weighted by Crippen LogP contribution is -2.12. The predicted octanol–water partition coefficient (Wildman–Crippen LogP) is 2.17. The van der Waals surface area contributed by atoms with E-state index in [2.05, 4.69) is 10.3 Å². The molecule has 110 valence electrons. The topological polar surface area (TPSA) is 88.5 Å². The first kappa shape index (κ1) is 15.9. The number of carboxylic acid groups (broad SMARTS) is 1. The number of pyridine rings is 1. The molecule has 0 amide bonds. The molecule has 0 aliphatic rings. The Hall–Kier alpha value is -2.11.